The molecule has 5 heteroatoms. The molecule has 1 aromatic carbocycles. The molecule has 1 rings (SSSR count). The Kier molecular flexibility index (Phi) is 4.06. The van der Waals surface area contributed by atoms with E-state index in [1.54, 1.807) is 0 Å². The Morgan fingerprint density at radius 3 is 2.31 bits per heavy atom. The maximum Gasteiger partial charge on any atom is 0.321 e. The van der Waals surface area contributed by atoms with Gasteiger partial charge in [0, 0.05) is 6.26 Å². The number of benzene rings is 1. The first-order valence-electron chi connectivity index (χ1n) is 4.87. The fourth-order valence-corrected chi connectivity index (χ4v) is 2.38. The second-order valence-corrected chi connectivity index (χ2v) is 5.91. The van der Waals surface area contributed by atoms with Gasteiger partial charge in [0.25, 0.3) is 0 Å². The fraction of sp³-hybridized carbons (Fsp3) is 0.364. The number of carbonyl (C=O) groups is 1. The maximum absolute atomic E-state index is 11.2. The summed E-state index contributed by atoms with van der Waals surface area (Å²) in [5.41, 5.74) is 0.942. The number of hydrogen-bond donors (Lipinski definition) is 1. The molecule has 0 heterocycles. The fourth-order valence-electron chi connectivity index (χ4n) is 1.46. The van der Waals surface area contributed by atoms with Crippen molar-refractivity contribution in [1.82, 2.24) is 0 Å². The van der Waals surface area contributed by atoms with Gasteiger partial charge < -0.3 is 5.11 Å². The third-order valence-electron chi connectivity index (χ3n) is 2.33. The normalized spacial score (nSPS) is 13.3. The molecule has 0 amide bonds. The first kappa shape index (κ1) is 12.7. The van der Waals surface area contributed by atoms with Crippen molar-refractivity contribution in [2.24, 2.45) is 0 Å². The van der Waals surface area contributed by atoms with Crippen LogP contribution in [0.3, 0.4) is 0 Å². The molecule has 1 N–H and O–H groups in total. The molecule has 1 unspecified atom stereocenters. The van der Waals surface area contributed by atoms with Crippen LogP contribution in [0.15, 0.2) is 30.3 Å². The van der Waals surface area contributed by atoms with Gasteiger partial charge in [0.15, 0.2) is 15.1 Å². The number of carboxylic acids is 1. The molecule has 0 radical (unpaired) electrons. The summed E-state index contributed by atoms with van der Waals surface area (Å²) in [6, 6.07) is 9.23. The largest absolute Gasteiger partial charge is 0.480 e. The lowest BCUT2D eigenvalue weighted by Gasteiger charge is -2.09. The number of aliphatic carboxylic acids is 1. The molecule has 0 saturated heterocycles. The predicted octanol–water partition coefficient (Wildman–Crippen LogP) is 1.12. The van der Waals surface area contributed by atoms with Crippen LogP contribution in [0.2, 0.25) is 0 Å². The Balaban J connectivity index is 2.69. The topological polar surface area (TPSA) is 71.4 Å². The van der Waals surface area contributed by atoms with Crippen LogP contribution in [0.4, 0.5) is 0 Å². The summed E-state index contributed by atoms with van der Waals surface area (Å²) >= 11 is 0. The SMILES string of the molecule is CS(=O)(=O)C(CCc1ccccc1)C(=O)O. The molecule has 0 aliphatic carbocycles. The Morgan fingerprint density at radius 1 is 1.31 bits per heavy atom. The number of aryl methyl sites for hydroxylation is 1. The summed E-state index contributed by atoms with van der Waals surface area (Å²) in [6.07, 6.45) is 1.51. The summed E-state index contributed by atoms with van der Waals surface area (Å²) in [5.74, 6) is -1.28. The predicted molar refractivity (Wildman–Crippen MR) is 61.0 cm³/mol. The van der Waals surface area contributed by atoms with Gasteiger partial charge in [-0.15, -0.1) is 0 Å². The van der Waals surface area contributed by atoms with E-state index in [1.165, 1.54) is 0 Å². The van der Waals surface area contributed by atoms with Crippen molar-refractivity contribution in [3.8, 4) is 0 Å². The van der Waals surface area contributed by atoms with E-state index in [1.807, 2.05) is 30.3 Å². The average molecular weight is 242 g/mol. The van der Waals surface area contributed by atoms with Gasteiger partial charge in [-0.3, -0.25) is 4.79 Å². The van der Waals surface area contributed by atoms with Gasteiger partial charge in [0.2, 0.25) is 0 Å². The lowest BCUT2D eigenvalue weighted by atomic mass is 10.1. The first-order chi connectivity index (χ1) is 7.41. The minimum absolute atomic E-state index is 0.109. The zero-order valence-corrected chi connectivity index (χ0v) is 9.78. The van der Waals surface area contributed by atoms with Crippen molar-refractivity contribution >= 4 is 15.8 Å². The quantitative estimate of drug-likeness (QED) is 0.839. The molecule has 0 saturated carbocycles. The molecule has 0 aromatic heterocycles. The van der Waals surface area contributed by atoms with Crippen molar-refractivity contribution < 1.29 is 18.3 Å². The van der Waals surface area contributed by atoms with Gasteiger partial charge in [-0.25, -0.2) is 8.42 Å². The van der Waals surface area contributed by atoms with Gasteiger partial charge in [0.05, 0.1) is 0 Å². The molecular weight excluding hydrogens is 228 g/mol. The van der Waals surface area contributed by atoms with E-state index in [2.05, 4.69) is 0 Å². The summed E-state index contributed by atoms with van der Waals surface area (Å²) in [5, 5.41) is 7.50. The third kappa shape index (κ3) is 3.66. The van der Waals surface area contributed by atoms with Crippen LogP contribution in [0.1, 0.15) is 12.0 Å². The highest BCUT2D eigenvalue weighted by atomic mass is 32.2. The van der Waals surface area contributed by atoms with Gasteiger partial charge in [-0.1, -0.05) is 30.3 Å². The average Bonchev–Trinajstić information content (AvgIpc) is 2.17. The second-order valence-electron chi connectivity index (χ2n) is 3.68. The van der Waals surface area contributed by atoms with Crippen molar-refractivity contribution in [3.63, 3.8) is 0 Å². The van der Waals surface area contributed by atoms with Crippen LogP contribution in [-0.4, -0.2) is 31.0 Å². The van der Waals surface area contributed by atoms with Crippen LogP contribution in [0.5, 0.6) is 0 Å². The summed E-state index contributed by atoms with van der Waals surface area (Å²) in [6.45, 7) is 0. The zero-order valence-electron chi connectivity index (χ0n) is 8.96. The highest BCUT2D eigenvalue weighted by molar-refractivity contribution is 7.92. The number of rotatable bonds is 5. The third-order valence-corrected chi connectivity index (χ3v) is 3.80. The van der Waals surface area contributed by atoms with E-state index in [4.69, 9.17) is 5.11 Å². The van der Waals surface area contributed by atoms with E-state index < -0.39 is 21.1 Å². The van der Waals surface area contributed by atoms with E-state index in [-0.39, 0.29) is 6.42 Å². The molecule has 88 valence electrons. The van der Waals surface area contributed by atoms with Gasteiger partial charge in [0.1, 0.15) is 0 Å². The standard InChI is InChI=1S/C11H14O4S/c1-16(14,15)10(11(12)13)8-7-9-5-3-2-4-6-9/h2-6,10H,7-8H2,1H3,(H,12,13). The minimum Gasteiger partial charge on any atom is -0.480 e. The monoisotopic (exact) mass is 242 g/mol. The van der Waals surface area contributed by atoms with Crippen LogP contribution >= 0.6 is 0 Å². The van der Waals surface area contributed by atoms with E-state index in [9.17, 15) is 13.2 Å². The van der Waals surface area contributed by atoms with E-state index in [0.29, 0.717) is 6.42 Å². The Morgan fingerprint density at radius 2 is 1.88 bits per heavy atom. The number of hydrogen-bond acceptors (Lipinski definition) is 3. The van der Waals surface area contributed by atoms with E-state index in [0.717, 1.165) is 11.8 Å². The maximum atomic E-state index is 11.2. The summed E-state index contributed by atoms with van der Waals surface area (Å²) in [7, 11) is -3.53. The van der Waals surface area contributed by atoms with Crippen molar-refractivity contribution in [2.45, 2.75) is 18.1 Å². The molecule has 4 nitrogen and oxygen atoms in total. The minimum atomic E-state index is -3.53. The van der Waals surface area contributed by atoms with Crippen molar-refractivity contribution in [2.75, 3.05) is 6.26 Å². The number of sulfone groups is 1. The van der Waals surface area contributed by atoms with Gasteiger partial charge in [-0.2, -0.15) is 0 Å². The smallest absolute Gasteiger partial charge is 0.321 e. The Bertz CT molecular complexity index is 450. The van der Waals surface area contributed by atoms with E-state index >= 15 is 0 Å². The lowest BCUT2D eigenvalue weighted by Crippen LogP contribution is -2.29. The molecule has 1 atom stereocenters. The first-order valence-corrected chi connectivity index (χ1v) is 6.82. The van der Waals surface area contributed by atoms with Crippen molar-refractivity contribution in [1.29, 1.82) is 0 Å². The molecule has 1 aromatic rings. The summed E-state index contributed by atoms with van der Waals surface area (Å²) in [4.78, 5) is 10.8. The lowest BCUT2D eigenvalue weighted by molar-refractivity contribution is -0.136. The highest BCUT2D eigenvalue weighted by Crippen LogP contribution is 2.10. The highest BCUT2D eigenvalue weighted by Gasteiger charge is 2.27. The zero-order chi connectivity index (χ0) is 12.2. The Labute approximate surface area is 94.8 Å². The molecule has 0 aliphatic rings. The molecule has 0 bridgehead atoms. The van der Waals surface area contributed by atoms with Gasteiger partial charge >= 0.3 is 5.97 Å². The van der Waals surface area contributed by atoms with Crippen LogP contribution in [0, 0.1) is 0 Å². The van der Waals surface area contributed by atoms with Crippen LogP contribution in [-0.2, 0) is 21.1 Å². The summed E-state index contributed by atoms with van der Waals surface area (Å²) < 4.78 is 22.4. The molecule has 16 heavy (non-hydrogen) atoms. The van der Waals surface area contributed by atoms with Gasteiger partial charge in [-0.05, 0) is 18.4 Å². The van der Waals surface area contributed by atoms with Crippen LogP contribution in [0.25, 0.3) is 0 Å². The van der Waals surface area contributed by atoms with Crippen LogP contribution < -0.4 is 0 Å². The molecule has 0 aliphatic heterocycles. The molecule has 0 fully saturated rings. The molecular formula is C11H14O4S. The number of carboxylic acid groups (broad SMARTS) is 1. The van der Waals surface area contributed by atoms with Crippen molar-refractivity contribution in [3.05, 3.63) is 35.9 Å². The second kappa shape index (κ2) is 5.12. The Hall–Kier alpha value is -1.36. The molecule has 0 spiro atoms.